The molecule has 0 saturated carbocycles. The average molecular weight is 352 g/mol. The third-order valence-corrected chi connectivity index (χ3v) is 4.09. The van der Waals surface area contributed by atoms with Gasteiger partial charge < -0.3 is 9.26 Å². The summed E-state index contributed by atoms with van der Waals surface area (Å²) in [6.07, 6.45) is 1.44. The van der Waals surface area contributed by atoms with E-state index in [1.54, 1.807) is 24.3 Å². The molecular weight excluding hydrogens is 336 g/mol. The molecule has 3 aromatic rings. The number of methoxy groups -OCH3 is 1. The summed E-state index contributed by atoms with van der Waals surface area (Å²) in [4.78, 5) is 22.4. The molecule has 0 aliphatic heterocycles. The van der Waals surface area contributed by atoms with Crippen molar-refractivity contribution in [2.75, 3.05) is 13.7 Å². The minimum atomic E-state index is -0.493. The largest absolute Gasteiger partial charge is 0.465 e. The topological polar surface area (TPSA) is 95.5 Å². The summed E-state index contributed by atoms with van der Waals surface area (Å²) < 4.78 is 9.80. The fourth-order valence-electron chi connectivity index (χ4n) is 2.81. The van der Waals surface area contributed by atoms with Crippen molar-refractivity contribution in [3.05, 3.63) is 87.7 Å². The predicted octanol–water partition coefficient (Wildman–Crippen LogP) is 3.54. The molecule has 0 spiro atoms. The van der Waals surface area contributed by atoms with Crippen molar-refractivity contribution in [3.8, 4) is 11.3 Å². The Labute approximate surface area is 149 Å². The van der Waals surface area contributed by atoms with Gasteiger partial charge in [0.25, 0.3) is 0 Å². The molecule has 0 bridgehead atoms. The Kier molecular flexibility index (Phi) is 5.07. The summed E-state index contributed by atoms with van der Waals surface area (Å²) in [6, 6.07) is 15.9. The molecule has 0 fully saturated rings. The lowest BCUT2D eigenvalue weighted by molar-refractivity contribution is -0.481. The zero-order valence-corrected chi connectivity index (χ0v) is 14.0. The van der Waals surface area contributed by atoms with Crippen LogP contribution >= 0.6 is 0 Å². The first-order chi connectivity index (χ1) is 12.6. The van der Waals surface area contributed by atoms with E-state index in [-0.39, 0.29) is 11.5 Å². The molecule has 0 aliphatic rings. The molecule has 0 radical (unpaired) electrons. The Morgan fingerprint density at radius 1 is 1.19 bits per heavy atom. The normalized spacial score (nSPS) is 11.7. The first-order valence-corrected chi connectivity index (χ1v) is 7.90. The van der Waals surface area contributed by atoms with Crippen molar-refractivity contribution in [1.82, 2.24) is 5.16 Å². The highest BCUT2D eigenvalue weighted by molar-refractivity contribution is 5.89. The van der Waals surface area contributed by atoms with Crippen molar-refractivity contribution in [3.63, 3.8) is 0 Å². The van der Waals surface area contributed by atoms with Gasteiger partial charge in [0.15, 0.2) is 0 Å². The zero-order chi connectivity index (χ0) is 18.5. The number of carbonyl (C=O) groups excluding carboxylic acids is 1. The second-order valence-electron chi connectivity index (χ2n) is 5.67. The van der Waals surface area contributed by atoms with Crippen LogP contribution in [0.15, 0.2) is 65.4 Å². The minimum Gasteiger partial charge on any atom is -0.465 e. The van der Waals surface area contributed by atoms with Crippen LogP contribution in [0.3, 0.4) is 0 Å². The highest BCUT2D eigenvalue weighted by atomic mass is 16.6. The van der Waals surface area contributed by atoms with E-state index in [9.17, 15) is 14.9 Å². The Morgan fingerprint density at radius 3 is 2.50 bits per heavy atom. The van der Waals surface area contributed by atoms with Crippen LogP contribution in [-0.2, 0) is 4.74 Å². The number of hydrogen-bond donors (Lipinski definition) is 0. The van der Waals surface area contributed by atoms with E-state index in [2.05, 4.69) is 9.89 Å². The zero-order valence-electron chi connectivity index (χ0n) is 14.0. The number of rotatable bonds is 6. The Bertz CT molecular complexity index is 903. The number of carbonyl (C=O) groups is 1. The van der Waals surface area contributed by atoms with Crippen LogP contribution in [0, 0.1) is 10.1 Å². The molecule has 7 heteroatoms. The summed E-state index contributed by atoms with van der Waals surface area (Å²) in [5.74, 6) is -0.930. The molecule has 1 aromatic heterocycles. The molecule has 0 aliphatic carbocycles. The number of aromatic nitrogens is 1. The van der Waals surface area contributed by atoms with E-state index in [4.69, 9.17) is 4.52 Å². The molecule has 3 rings (SSSR count). The van der Waals surface area contributed by atoms with E-state index < -0.39 is 11.9 Å². The van der Waals surface area contributed by atoms with E-state index >= 15 is 0 Å². The highest BCUT2D eigenvalue weighted by Crippen LogP contribution is 2.33. The standard InChI is InChI=1S/C19H16N2O5/c1-25-19(22)15-9-7-14(8-10-15)18-17(12-26-20-18)16(11-21(23)24)13-5-3-2-4-6-13/h2-10,12,16H,11H2,1H3. The number of benzene rings is 2. The molecule has 0 saturated heterocycles. The van der Waals surface area contributed by atoms with Gasteiger partial charge in [-0.25, -0.2) is 4.79 Å². The van der Waals surface area contributed by atoms with Crippen LogP contribution < -0.4 is 0 Å². The maximum absolute atomic E-state index is 11.6. The molecule has 2 aromatic carbocycles. The average Bonchev–Trinajstić information content (AvgIpc) is 3.15. The Morgan fingerprint density at radius 2 is 1.88 bits per heavy atom. The van der Waals surface area contributed by atoms with Gasteiger partial charge in [0, 0.05) is 16.1 Å². The molecule has 0 amide bonds. The van der Waals surface area contributed by atoms with Gasteiger partial charge in [-0.15, -0.1) is 0 Å². The van der Waals surface area contributed by atoms with Crippen LogP contribution in [0.4, 0.5) is 0 Å². The van der Waals surface area contributed by atoms with Gasteiger partial charge in [-0.1, -0.05) is 47.6 Å². The van der Waals surface area contributed by atoms with Gasteiger partial charge in [0.05, 0.1) is 18.6 Å². The Hall–Kier alpha value is -3.48. The van der Waals surface area contributed by atoms with Gasteiger partial charge in [0.2, 0.25) is 6.54 Å². The molecule has 0 N–H and O–H groups in total. The molecular formula is C19H16N2O5. The second-order valence-corrected chi connectivity index (χ2v) is 5.67. The number of esters is 1. The van der Waals surface area contributed by atoms with Crippen LogP contribution in [0.2, 0.25) is 0 Å². The van der Waals surface area contributed by atoms with E-state index in [1.807, 2.05) is 30.3 Å². The van der Waals surface area contributed by atoms with Crippen LogP contribution in [0.1, 0.15) is 27.4 Å². The highest BCUT2D eigenvalue weighted by Gasteiger charge is 2.26. The number of nitro groups is 1. The number of ether oxygens (including phenoxy) is 1. The van der Waals surface area contributed by atoms with Gasteiger partial charge in [-0.2, -0.15) is 0 Å². The van der Waals surface area contributed by atoms with E-state index in [0.29, 0.717) is 22.4 Å². The minimum absolute atomic E-state index is 0.279. The summed E-state index contributed by atoms with van der Waals surface area (Å²) >= 11 is 0. The molecule has 1 atom stereocenters. The van der Waals surface area contributed by atoms with Gasteiger partial charge in [0.1, 0.15) is 12.0 Å². The molecule has 26 heavy (non-hydrogen) atoms. The third kappa shape index (κ3) is 3.61. The quantitative estimate of drug-likeness (QED) is 0.382. The lowest BCUT2D eigenvalue weighted by Gasteiger charge is -2.13. The van der Waals surface area contributed by atoms with Crippen LogP contribution in [-0.4, -0.2) is 29.7 Å². The predicted molar refractivity (Wildman–Crippen MR) is 93.4 cm³/mol. The molecule has 7 nitrogen and oxygen atoms in total. The number of hydrogen-bond acceptors (Lipinski definition) is 6. The maximum Gasteiger partial charge on any atom is 0.337 e. The van der Waals surface area contributed by atoms with Gasteiger partial charge in [-0.05, 0) is 17.7 Å². The lowest BCUT2D eigenvalue weighted by atomic mass is 9.90. The summed E-state index contributed by atoms with van der Waals surface area (Å²) in [5, 5.41) is 15.2. The summed E-state index contributed by atoms with van der Waals surface area (Å²) in [7, 11) is 1.31. The first kappa shape index (κ1) is 17.3. The van der Waals surface area contributed by atoms with Crippen molar-refractivity contribution < 1.29 is 19.0 Å². The van der Waals surface area contributed by atoms with Crippen LogP contribution in [0.5, 0.6) is 0 Å². The second kappa shape index (κ2) is 7.60. The maximum atomic E-state index is 11.6. The van der Waals surface area contributed by atoms with Crippen molar-refractivity contribution >= 4 is 5.97 Å². The van der Waals surface area contributed by atoms with Gasteiger partial charge >= 0.3 is 5.97 Å². The summed E-state index contributed by atoms with van der Waals surface area (Å²) in [6.45, 7) is -0.279. The smallest absolute Gasteiger partial charge is 0.337 e. The third-order valence-electron chi connectivity index (χ3n) is 4.09. The monoisotopic (exact) mass is 352 g/mol. The van der Waals surface area contributed by atoms with Crippen molar-refractivity contribution in [2.24, 2.45) is 0 Å². The molecule has 132 valence electrons. The van der Waals surface area contributed by atoms with Crippen molar-refractivity contribution in [2.45, 2.75) is 5.92 Å². The van der Waals surface area contributed by atoms with E-state index in [0.717, 1.165) is 5.56 Å². The fraction of sp³-hybridized carbons (Fsp3) is 0.158. The Balaban J connectivity index is 2.00. The molecule has 1 heterocycles. The summed E-state index contributed by atoms with van der Waals surface area (Å²) in [5.41, 5.74) is 3.05. The van der Waals surface area contributed by atoms with Crippen LogP contribution in [0.25, 0.3) is 11.3 Å². The first-order valence-electron chi connectivity index (χ1n) is 7.90. The van der Waals surface area contributed by atoms with Gasteiger partial charge in [-0.3, -0.25) is 10.1 Å². The molecule has 1 unspecified atom stereocenters. The number of nitrogens with zero attached hydrogens (tertiary/aromatic N) is 2. The SMILES string of the molecule is COC(=O)c1ccc(-c2nocc2C(C[N+](=O)[O-])c2ccccc2)cc1. The van der Waals surface area contributed by atoms with Crippen molar-refractivity contribution in [1.29, 1.82) is 0 Å². The van der Waals surface area contributed by atoms with E-state index in [1.165, 1.54) is 13.4 Å². The lowest BCUT2D eigenvalue weighted by Crippen LogP contribution is -2.14. The fourth-order valence-corrected chi connectivity index (χ4v) is 2.81.